The Balaban J connectivity index is 0. The van der Waals surface area contributed by atoms with Gasteiger partial charge in [-0.1, -0.05) is 6.07 Å². The van der Waals surface area contributed by atoms with Crippen molar-refractivity contribution in [1.29, 1.82) is 0 Å². The molecule has 0 bridgehead atoms. The molecule has 0 saturated heterocycles. The Morgan fingerprint density at radius 3 is 2.75 bits per heavy atom. The number of ether oxygens (including phenoxy) is 1. The van der Waals surface area contributed by atoms with E-state index in [1.54, 1.807) is 18.2 Å². The van der Waals surface area contributed by atoms with Crippen molar-refractivity contribution in [3.05, 3.63) is 24.3 Å². The molecule has 0 aliphatic rings. The van der Waals surface area contributed by atoms with Gasteiger partial charge in [-0.3, -0.25) is 0 Å². The number of benzene rings is 1. The topological polar surface area (TPSA) is 46.5 Å². The minimum absolute atomic E-state index is 0. The van der Waals surface area contributed by atoms with Crippen molar-refractivity contribution in [1.82, 2.24) is 0 Å². The first kappa shape index (κ1) is 11.7. The summed E-state index contributed by atoms with van der Waals surface area (Å²) in [5.74, 6) is 0.588. The smallest absolute Gasteiger partial charge is 1.00 e. The molecule has 0 saturated carbocycles. The van der Waals surface area contributed by atoms with Crippen molar-refractivity contribution in [2.75, 3.05) is 7.11 Å². The fourth-order valence-corrected chi connectivity index (χ4v) is 1.12. The molecular weight excluding hydrogens is 171 g/mol. The second-order valence-corrected chi connectivity index (χ2v) is 2.90. The Bertz CT molecular complexity index is 282. The van der Waals surface area contributed by atoms with Crippen LogP contribution in [0.3, 0.4) is 0 Å². The predicted molar refractivity (Wildman–Crippen MR) is 43.1 cm³/mol. The molecule has 0 heterocycles. The summed E-state index contributed by atoms with van der Waals surface area (Å²) in [7, 11) is 1.51. The number of methoxy groups -OCH3 is 1. The van der Waals surface area contributed by atoms with E-state index in [0.29, 0.717) is 10.6 Å². The van der Waals surface area contributed by atoms with Crippen LogP contribution in [-0.2, 0) is 11.1 Å². The van der Waals surface area contributed by atoms with Gasteiger partial charge in [0.2, 0.25) is 0 Å². The van der Waals surface area contributed by atoms with Gasteiger partial charge >= 0.3 is 18.9 Å². The quantitative estimate of drug-likeness (QED) is 0.440. The van der Waals surface area contributed by atoms with Gasteiger partial charge in [0.1, 0.15) is 5.75 Å². The van der Waals surface area contributed by atoms with Crippen LogP contribution in [0, 0.1) is 0 Å². The molecule has 0 fully saturated rings. The monoisotopic (exact) mass is 180 g/mol. The number of hydrogen-bond acceptors (Lipinski definition) is 2. The molecule has 1 atom stereocenters. The third-order valence-electron chi connectivity index (χ3n) is 1.24. The summed E-state index contributed by atoms with van der Waals surface area (Å²) in [6.45, 7) is 0. The zero-order valence-corrected chi connectivity index (χ0v) is 7.80. The minimum atomic E-state index is -1.92. The molecule has 1 aromatic carbocycles. The van der Waals surface area contributed by atoms with Gasteiger partial charge in [-0.25, -0.2) is 4.21 Å². The molecule has 1 rings (SSSR count). The summed E-state index contributed by atoms with van der Waals surface area (Å²) in [6.07, 6.45) is 0. The molecule has 0 radical (unpaired) electrons. The minimum Gasteiger partial charge on any atom is -1.00 e. The first-order chi connectivity index (χ1) is 5.24. The molecule has 3 nitrogen and oxygen atoms in total. The van der Waals surface area contributed by atoms with Crippen molar-refractivity contribution in [3.8, 4) is 5.75 Å². The van der Waals surface area contributed by atoms with Gasteiger partial charge in [-0.2, -0.15) is 0 Å². The average Bonchev–Trinajstić information content (AvgIpc) is 2.05. The summed E-state index contributed by atoms with van der Waals surface area (Å²) in [6, 6.07) is 6.48. The third kappa shape index (κ3) is 3.00. The molecule has 0 amide bonds. The Hall–Kier alpha value is -0.273. The Morgan fingerprint density at radius 1 is 1.58 bits per heavy atom. The van der Waals surface area contributed by atoms with Gasteiger partial charge in [0, 0.05) is 0 Å². The van der Waals surface area contributed by atoms with Gasteiger partial charge in [0.15, 0.2) is 11.1 Å². The van der Waals surface area contributed by atoms with E-state index in [4.69, 9.17) is 9.29 Å². The van der Waals surface area contributed by atoms with Gasteiger partial charge in [-0.05, 0) is 18.2 Å². The molecule has 1 unspecified atom stereocenters. The maximum absolute atomic E-state index is 10.5. The summed E-state index contributed by atoms with van der Waals surface area (Å²) in [4.78, 5) is 0.351. The second kappa shape index (κ2) is 5.39. The Kier molecular flexibility index (Phi) is 5.26. The van der Waals surface area contributed by atoms with Crippen LogP contribution in [0.15, 0.2) is 29.2 Å². The molecule has 5 heteroatoms. The summed E-state index contributed by atoms with van der Waals surface area (Å²) >= 11 is -1.92. The van der Waals surface area contributed by atoms with Gasteiger partial charge < -0.3 is 10.7 Å². The summed E-state index contributed by atoms with van der Waals surface area (Å²) in [5.41, 5.74) is 0. The Morgan fingerprint density at radius 2 is 2.25 bits per heavy atom. The van der Waals surface area contributed by atoms with Gasteiger partial charge in [0.05, 0.1) is 12.0 Å². The summed E-state index contributed by atoms with van der Waals surface area (Å²) in [5, 5.41) is 0. The number of hydrogen-bond donors (Lipinski definition) is 1. The summed E-state index contributed by atoms with van der Waals surface area (Å²) < 4.78 is 24.0. The number of rotatable bonds is 2. The van der Waals surface area contributed by atoms with Crippen LogP contribution < -0.4 is 23.6 Å². The fraction of sp³-hybridized carbons (Fsp3) is 0.143. The van der Waals surface area contributed by atoms with E-state index >= 15 is 0 Å². The molecule has 0 spiro atoms. The normalized spacial score (nSPS) is 11.5. The Labute approximate surface area is 87.1 Å². The molecule has 62 valence electrons. The largest absolute Gasteiger partial charge is 1.00 e. The van der Waals surface area contributed by atoms with Gasteiger partial charge in [-0.15, -0.1) is 0 Å². The second-order valence-electron chi connectivity index (χ2n) is 1.93. The molecule has 1 N–H and O–H groups in total. The SMILES string of the molecule is COc1cccc(S(=O)O)c1.[H-].[Li+]. The molecule has 12 heavy (non-hydrogen) atoms. The van der Waals surface area contributed by atoms with Crippen molar-refractivity contribution in [2.45, 2.75) is 4.90 Å². The average molecular weight is 180 g/mol. The van der Waals surface area contributed by atoms with Crippen LogP contribution >= 0.6 is 0 Å². The van der Waals surface area contributed by atoms with Crippen LogP contribution in [0.25, 0.3) is 0 Å². The molecule has 1 aromatic rings. The third-order valence-corrected chi connectivity index (χ3v) is 1.90. The van der Waals surface area contributed by atoms with E-state index in [9.17, 15) is 4.21 Å². The van der Waals surface area contributed by atoms with E-state index in [2.05, 4.69) is 0 Å². The fourth-order valence-electron chi connectivity index (χ4n) is 0.710. The van der Waals surface area contributed by atoms with Crippen molar-refractivity contribution >= 4 is 11.1 Å². The van der Waals surface area contributed by atoms with Gasteiger partial charge in [0.25, 0.3) is 0 Å². The van der Waals surface area contributed by atoms with Crippen LogP contribution in [-0.4, -0.2) is 15.9 Å². The first-order valence-electron chi connectivity index (χ1n) is 2.99. The van der Waals surface area contributed by atoms with Crippen LogP contribution in [0.2, 0.25) is 0 Å². The first-order valence-corrected chi connectivity index (χ1v) is 4.09. The van der Waals surface area contributed by atoms with Crippen LogP contribution in [0.4, 0.5) is 0 Å². The van der Waals surface area contributed by atoms with Crippen LogP contribution in [0.5, 0.6) is 5.75 Å². The van der Waals surface area contributed by atoms with Crippen molar-refractivity contribution < 1.29 is 33.8 Å². The van der Waals surface area contributed by atoms with E-state index in [1.165, 1.54) is 13.2 Å². The standard InChI is InChI=1S/C7H8O3S.Li.H/c1-10-6-3-2-4-7(5-6)11(8)9;;/h2-5H,1H3,(H,8,9);;/q;+1;-1. The van der Waals surface area contributed by atoms with Crippen molar-refractivity contribution in [3.63, 3.8) is 0 Å². The molecule has 0 aliphatic heterocycles. The van der Waals surface area contributed by atoms with E-state index in [0.717, 1.165) is 0 Å². The zero-order chi connectivity index (χ0) is 8.27. The zero-order valence-electron chi connectivity index (χ0n) is 7.98. The van der Waals surface area contributed by atoms with Crippen molar-refractivity contribution in [2.24, 2.45) is 0 Å². The maximum atomic E-state index is 10.5. The van der Waals surface area contributed by atoms with Crippen LogP contribution in [0.1, 0.15) is 1.43 Å². The van der Waals surface area contributed by atoms with E-state index in [-0.39, 0.29) is 20.3 Å². The van der Waals surface area contributed by atoms with E-state index in [1.807, 2.05) is 0 Å². The van der Waals surface area contributed by atoms with E-state index < -0.39 is 11.1 Å². The predicted octanol–water partition coefficient (Wildman–Crippen LogP) is -1.61. The molecule has 0 aliphatic carbocycles. The molecule has 0 aromatic heterocycles. The molecular formula is C7H9LiO3S. The maximum Gasteiger partial charge on any atom is 1.00 e.